The summed E-state index contributed by atoms with van der Waals surface area (Å²) in [6.07, 6.45) is 13.4. The van der Waals surface area contributed by atoms with Crippen molar-refractivity contribution in [3.8, 4) is 11.8 Å². The molecule has 0 aliphatic carbocycles. The Hall–Kier alpha value is -0.520. The Kier molecular flexibility index (Phi) is 17.4. The Bertz CT molecular complexity index is 284. The normalized spacial score (nSPS) is 12.2. The van der Waals surface area contributed by atoms with Crippen molar-refractivity contribution in [1.82, 2.24) is 0 Å². The second-order valence-corrected chi connectivity index (χ2v) is 6.41. The molecule has 0 N–H and O–H groups in total. The van der Waals surface area contributed by atoms with Gasteiger partial charge < -0.3 is 9.47 Å². The highest BCUT2D eigenvalue weighted by Gasteiger charge is 2.06. The highest BCUT2D eigenvalue weighted by molar-refractivity contribution is 4.98. The average Bonchev–Trinajstić information content (AvgIpc) is 2.55. The van der Waals surface area contributed by atoms with Gasteiger partial charge >= 0.3 is 0 Å². The summed E-state index contributed by atoms with van der Waals surface area (Å²) in [5, 5.41) is 0. The fourth-order valence-corrected chi connectivity index (χ4v) is 2.55. The Morgan fingerprint density at radius 2 is 1.22 bits per heavy atom. The van der Waals surface area contributed by atoms with Gasteiger partial charge in [0.1, 0.15) is 0 Å². The zero-order valence-corrected chi connectivity index (χ0v) is 16.2. The number of hydrogen-bond donors (Lipinski definition) is 0. The fourth-order valence-electron chi connectivity index (χ4n) is 2.55. The second-order valence-electron chi connectivity index (χ2n) is 6.41. The topological polar surface area (TPSA) is 18.5 Å². The summed E-state index contributed by atoms with van der Waals surface area (Å²) in [5.41, 5.74) is 0. The van der Waals surface area contributed by atoms with E-state index in [1.165, 1.54) is 51.4 Å². The van der Waals surface area contributed by atoms with Gasteiger partial charge in [-0.05, 0) is 45.4 Å². The van der Waals surface area contributed by atoms with Crippen LogP contribution in [-0.2, 0) is 9.47 Å². The first-order chi connectivity index (χ1) is 11.2. The van der Waals surface area contributed by atoms with E-state index < -0.39 is 0 Å². The van der Waals surface area contributed by atoms with Crippen LogP contribution in [0.5, 0.6) is 0 Å². The molecule has 136 valence electrons. The summed E-state index contributed by atoms with van der Waals surface area (Å²) in [6.45, 7) is 10.1. The van der Waals surface area contributed by atoms with Crippen molar-refractivity contribution < 1.29 is 9.47 Å². The van der Waals surface area contributed by atoms with Crippen molar-refractivity contribution in [3.05, 3.63) is 0 Å². The van der Waals surface area contributed by atoms with Gasteiger partial charge in [-0.3, -0.25) is 0 Å². The first-order valence-corrected chi connectivity index (χ1v) is 9.93. The van der Waals surface area contributed by atoms with Crippen LogP contribution >= 0.6 is 0 Å². The molecule has 0 bridgehead atoms. The minimum absolute atomic E-state index is 0.000202. The first kappa shape index (κ1) is 22.5. The zero-order valence-electron chi connectivity index (χ0n) is 16.2. The van der Waals surface area contributed by atoms with Crippen molar-refractivity contribution in [1.29, 1.82) is 0 Å². The molecule has 0 amide bonds. The molecule has 0 rings (SSSR count). The summed E-state index contributed by atoms with van der Waals surface area (Å²) in [6, 6.07) is 0. The molecule has 0 aromatic heterocycles. The predicted octanol–water partition coefficient (Wildman–Crippen LogP) is 6.34. The molecule has 0 heterocycles. The lowest BCUT2D eigenvalue weighted by atomic mass is 10.0. The van der Waals surface area contributed by atoms with E-state index >= 15 is 0 Å². The van der Waals surface area contributed by atoms with Crippen LogP contribution in [0, 0.1) is 17.8 Å². The molecule has 1 unspecified atom stereocenters. The smallest absolute Gasteiger partial charge is 0.157 e. The third-order valence-corrected chi connectivity index (χ3v) is 4.27. The summed E-state index contributed by atoms with van der Waals surface area (Å²) >= 11 is 0. The van der Waals surface area contributed by atoms with Gasteiger partial charge in [-0.25, -0.2) is 0 Å². The second kappa shape index (κ2) is 17.8. The van der Waals surface area contributed by atoms with Gasteiger partial charge in [0, 0.05) is 26.1 Å². The molecule has 0 aliphatic heterocycles. The van der Waals surface area contributed by atoms with E-state index in [1.807, 2.05) is 13.8 Å². The third-order valence-electron chi connectivity index (χ3n) is 4.27. The van der Waals surface area contributed by atoms with Gasteiger partial charge in [-0.15, -0.1) is 11.8 Å². The summed E-state index contributed by atoms with van der Waals surface area (Å²) in [7, 11) is 0. The highest BCUT2D eigenvalue weighted by Crippen LogP contribution is 2.12. The Morgan fingerprint density at radius 3 is 1.78 bits per heavy atom. The van der Waals surface area contributed by atoms with Crippen molar-refractivity contribution in [2.45, 2.75) is 105 Å². The molecule has 0 aromatic rings. The van der Waals surface area contributed by atoms with E-state index in [2.05, 4.69) is 25.7 Å². The summed E-state index contributed by atoms with van der Waals surface area (Å²) in [5.74, 6) is 7.54. The average molecular weight is 325 g/mol. The summed E-state index contributed by atoms with van der Waals surface area (Å²) in [4.78, 5) is 0. The molecule has 2 heteroatoms. The van der Waals surface area contributed by atoms with Crippen LogP contribution < -0.4 is 0 Å². The van der Waals surface area contributed by atoms with Crippen LogP contribution in [0.15, 0.2) is 0 Å². The van der Waals surface area contributed by atoms with Crippen LogP contribution in [0.25, 0.3) is 0 Å². The van der Waals surface area contributed by atoms with E-state index in [4.69, 9.17) is 9.47 Å². The summed E-state index contributed by atoms with van der Waals surface area (Å²) < 4.78 is 11.1. The molecule has 23 heavy (non-hydrogen) atoms. The molecule has 1 atom stereocenters. The van der Waals surface area contributed by atoms with E-state index in [1.54, 1.807) is 0 Å². The number of hydrogen-bond acceptors (Lipinski definition) is 2. The lowest BCUT2D eigenvalue weighted by Gasteiger charge is -2.16. The van der Waals surface area contributed by atoms with Crippen LogP contribution in [0.3, 0.4) is 0 Å². The maximum absolute atomic E-state index is 5.55. The van der Waals surface area contributed by atoms with Crippen molar-refractivity contribution >= 4 is 0 Å². The molecular weight excluding hydrogens is 284 g/mol. The number of unbranched alkanes of at least 4 members (excludes halogenated alkanes) is 6. The van der Waals surface area contributed by atoms with Gasteiger partial charge in [0.15, 0.2) is 6.29 Å². The molecule has 0 saturated heterocycles. The Labute approximate surface area is 145 Å². The predicted molar refractivity (Wildman–Crippen MR) is 100 cm³/mol. The largest absolute Gasteiger partial charge is 0.353 e. The molecule has 0 spiro atoms. The van der Waals surface area contributed by atoms with Crippen LogP contribution in [0.4, 0.5) is 0 Å². The monoisotopic (exact) mass is 324 g/mol. The van der Waals surface area contributed by atoms with E-state index in [9.17, 15) is 0 Å². The minimum Gasteiger partial charge on any atom is -0.353 e. The van der Waals surface area contributed by atoms with E-state index in [0.717, 1.165) is 38.4 Å². The highest BCUT2D eigenvalue weighted by atomic mass is 16.7. The van der Waals surface area contributed by atoms with Gasteiger partial charge in [0.25, 0.3) is 0 Å². The first-order valence-electron chi connectivity index (χ1n) is 9.93. The minimum atomic E-state index is 0.000202. The Balaban J connectivity index is 3.37. The van der Waals surface area contributed by atoms with Crippen molar-refractivity contribution in [2.75, 3.05) is 13.2 Å². The quantitative estimate of drug-likeness (QED) is 0.199. The lowest BCUT2D eigenvalue weighted by molar-refractivity contribution is -0.140. The molecule has 0 radical (unpaired) electrons. The number of ether oxygens (including phenoxy) is 2. The SMILES string of the molecule is CCOC(CCCCCCC#CCCCCC(C)CC)OCC. The Morgan fingerprint density at radius 1 is 0.696 bits per heavy atom. The van der Waals surface area contributed by atoms with Crippen LogP contribution in [0.2, 0.25) is 0 Å². The zero-order chi connectivity index (χ0) is 17.2. The van der Waals surface area contributed by atoms with E-state index in [0.29, 0.717) is 0 Å². The van der Waals surface area contributed by atoms with Gasteiger partial charge in [-0.2, -0.15) is 0 Å². The van der Waals surface area contributed by atoms with Crippen LogP contribution in [0.1, 0.15) is 98.3 Å². The van der Waals surface area contributed by atoms with Gasteiger partial charge in [0.05, 0.1) is 0 Å². The maximum atomic E-state index is 5.55. The molecule has 0 aliphatic rings. The molecule has 0 fully saturated rings. The molecular formula is C21H40O2. The third kappa shape index (κ3) is 16.1. The molecule has 0 saturated carbocycles. The van der Waals surface area contributed by atoms with E-state index in [-0.39, 0.29) is 6.29 Å². The molecule has 0 aromatic carbocycles. The maximum Gasteiger partial charge on any atom is 0.157 e. The molecule has 2 nitrogen and oxygen atoms in total. The van der Waals surface area contributed by atoms with Gasteiger partial charge in [-0.1, -0.05) is 46.0 Å². The van der Waals surface area contributed by atoms with Crippen molar-refractivity contribution in [2.24, 2.45) is 5.92 Å². The van der Waals surface area contributed by atoms with Crippen LogP contribution in [-0.4, -0.2) is 19.5 Å². The van der Waals surface area contributed by atoms with Gasteiger partial charge in [0.2, 0.25) is 0 Å². The lowest BCUT2D eigenvalue weighted by Crippen LogP contribution is -2.17. The van der Waals surface area contributed by atoms with Crippen molar-refractivity contribution in [3.63, 3.8) is 0 Å². The fraction of sp³-hybridized carbons (Fsp3) is 0.905. The number of rotatable bonds is 15. The standard InChI is InChI=1S/C21H40O2/c1-5-20(4)18-16-14-12-10-8-9-11-13-15-17-19-21(22-6-2)23-7-3/h20-21H,5-7,9,11-19H2,1-4H3.